The summed E-state index contributed by atoms with van der Waals surface area (Å²) in [4.78, 5) is 73.7. The number of hydrogen-bond donors (Lipinski definition) is 2. The van der Waals surface area contributed by atoms with Gasteiger partial charge in [-0.05, 0) is 23.3 Å². The van der Waals surface area contributed by atoms with Gasteiger partial charge in [0.15, 0.2) is 11.6 Å². The molecule has 43 heavy (non-hydrogen) atoms. The third-order valence-electron chi connectivity index (χ3n) is 6.48. The number of rotatable bonds is 8. The number of carbonyl (C=O) groups is 6. The fourth-order valence-electron chi connectivity index (χ4n) is 4.35. The van der Waals surface area contributed by atoms with Gasteiger partial charge in [-0.1, -0.05) is 65.8 Å². The maximum atomic E-state index is 14.9. The SMILES string of the molecule is CC(C)(C)C(=O)c1ccc(C(c2ccc(C(=O)C(C)(C)C)c(C(=O)C(=O)O)c2)(C(F)(F)F)C(F)(F)F)cc1C(=O)C(=O)O. The molecule has 0 saturated heterocycles. The van der Waals surface area contributed by atoms with E-state index in [-0.39, 0.29) is 24.3 Å². The fourth-order valence-corrected chi connectivity index (χ4v) is 4.35. The predicted octanol–water partition coefficient (Wildman–Crippen LogP) is 6.09. The van der Waals surface area contributed by atoms with Crippen molar-refractivity contribution >= 4 is 35.1 Å². The van der Waals surface area contributed by atoms with Crippen LogP contribution in [0.1, 0.15) is 94.1 Å². The molecule has 2 aromatic rings. The summed E-state index contributed by atoms with van der Waals surface area (Å²) in [7, 11) is 0. The first-order valence-electron chi connectivity index (χ1n) is 12.3. The first-order valence-corrected chi connectivity index (χ1v) is 12.3. The van der Waals surface area contributed by atoms with E-state index in [0.717, 1.165) is 0 Å². The topological polar surface area (TPSA) is 143 Å². The van der Waals surface area contributed by atoms with Crippen LogP contribution in [0, 0.1) is 10.8 Å². The van der Waals surface area contributed by atoms with Gasteiger partial charge < -0.3 is 10.2 Å². The Bertz CT molecular complexity index is 1420. The number of ketones is 4. The molecule has 0 aromatic heterocycles. The van der Waals surface area contributed by atoms with Crippen LogP contribution in [0.2, 0.25) is 0 Å². The van der Waals surface area contributed by atoms with Crippen LogP contribution in [0.5, 0.6) is 0 Å². The molecule has 0 bridgehead atoms. The van der Waals surface area contributed by atoms with E-state index in [4.69, 9.17) is 0 Å². The lowest BCUT2D eigenvalue weighted by Gasteiger charge is -2.39. The van der Waals surface area contributed by atoms with E-state index in [2.05, 4.69) is 0 Å². The smallest absolute Gasteiger partial charge is 0.411 e. The number of hydrogen-bond acceptors (Lipinski definition) is 6. The number of halogens is 6. The van der Waals surface area contributed by atoms with Crippen molar-refractivity contribution in [3.8, 4) is 0 Å². The lowest BCUT2D eigenvalue weighted by Crippen LogP contribution is -2.55. The molecule has 0 heterocycles. The van der Waals surface area contributed by atoms with Crippen molar-refractivity contribution in [1.82, 2.24) is 0 Å². The molecular weight excluding hydrogens is 590 g/mol. The third kappa shape index (κ3) is 6.22. The molecule has 2 rings (SSSR count). The Morgan fingerprint density at radius 3 is 1.00 bits per heavy atom. The van der Waals surface area contributed by atoms with E-state index < -0.39 is 97.0 Å². The van der Waals surface area contributed by atoms with Crippen LogP contribution in [0.15, 0.2) is 36.4 Å². The lowest BCUT2D eigenvalue weighted by molar-refractivity contribution is -0.288. The highest BCUT2D eigenvalue weighted by Gasteiger charge is 2.72. The van der Waals surface area contributed by atoms with Crippen LogP contribution in [-0.4, -0.2) is 57.6 Å². The van der Waals surface area contributed by atoms with Crippen LogP contribution < -0.4 is 0 Å². The standard InChI is InChI=1S/C29H26F6O8/c1-25(2,3)21(38)15-9-7-13(11-17(15)19(36)23(40)41)27(28(30,31)32,29(33,34)35)14-8-10-16(22(39)26(4,5)6)18(12-14)20(37)24(42)43/h7-12H,1-6H3,(H,40,41)(H,42,43). The number of carboxylic acids is 2. The summed E-state index contributed by atoms with van der Waals surface area (Å²) in [6.45, 7) is 7.89. The van der Waals surface area contributed by atoms with E-state index in [0.29, 0.717) is 12.1 Å². The van der Waals surface area contributed by atoms with Crippen molar-refractivity contribution in [3.63, 3.8) is 0 Å². The molecule has 0 aliphatic heterocycles. The Morgan fingerprint density at radius 1 is 0.512 bits per heavy atom. The summed E-state index contributed by atoms with van der Waals surface area (Å²) in [6.07, 6.45) is -12.7. The van der Waals surface area contributed by atoms with Crippen LogP contribution >= 0.6 is 0 Å². The van der Waals surface area contributed by atoms with E-state index in [1.54, 1.807) is 0 Å². The van der Waals surface area contributed by atoms with Crippen molar-refractivity contribution in [3.05, 3.63) is 69.8 Å². The molecule has 2 N–H and O–H groups in total. The van der Waals surface area contributed by atoms with Gasteiger partial charge in [0.25, 0.3) is 11.6 Å². The molecule has 0 amide bonds. The number of carboxylic acid groups (broad SMARTS) is 2. The van der Waals surface area contributed by atoms with Crippen LogP contribution in [-0.2, 0) is 15.0 Å². The van der Waals surface area contributed by atoms with Crippen LogP contribution in [0.25, 0.3) is 0 Å². The van der Waals surface area contributed by atoms with Gasteiger partial charge in [0.1, 0.15) is 0 Å². The second kappa shape index (κ2) is 11.0. The van der Waals surface area contributed by atoms with Gasteiger partial charge >= 0.3 is 24.3 Å². The lowest BCUT2D eigenvalue weighted by atomic mass is 9.70. The molecule has 232 valence electrons. The molecule has 8 nitrogen and oxygen atoms in total. The second-order valence-corrected chi connectivity index (χ2v) is 11.7. The molecule has 0 unspecified atom stereocenters. The summed E-state index contributed by atoms with van der Waals surface area (Å²) in [5.41, 5.74) is -15.3. The Kier molecular flexibility index (Phi) is 8.95. The molecule has 0 saturated carbocycles. The van der Waals surface area contributed by atoms with Gasteiger partial charge in [-0.3, -0.25) is 19.2 Å². The molecule has 0 aliphatic carbocycles. The third-order valence-corrected chi connectivity index (χ3v) is 6.48. The Balaban J connectivity index is 3.21. The summed E-state index contributed by atoms with van der Waals surface area (Å²) in [5.74, 6) is -10.4. The highest BCUT2D eigenvalue weighted by atomic mass is 19.4. The quantitative estimate of drug-likeness (QED) is 0.206. The molecule has 2 aromatic carbocycles. The van der Waals surface area contributed by atoms with Gasteiger partial charge in [-0.15, -0.1) is 0 Å². The van der Waals surface area contributed by atoms with Crippen molar-refractivity contribution in [2.45, 2.75) is 59.3 Å². The zero-order valence-corrected chi connectivity index (χ0v) is 23.6. The van der Waals surface area contributed by atoms with Crippen LogP contribution in [0.3, 0.4) is 0 Å². The first kappa shape index (κ1) is 34.8. The van der Waals surface area contributed by atoms with Gasteiger partial charge in [-0.25, -0.2) is 9.59 Å². The summed E-state index contributed by atoms with van der Waals surface area (Å²) < 4.78 is 89.2. The molecule has 0 aliphatic rings. The van der Waals surface area contributed by atoms with Gasteiger partial charge in [0, 0.05) is 33.1 Å². The van der Waals surface area contributed by atoms with Crippen molar-refractivity contribution in [2.24, 2.45) is 10.8 Å². The molecule has 0 atom stereocenters. The number of benzene rings is 2. The maximum Gasteiger partial charge on any atom is 0.411 e. The molecule has 0 radical (unpaired) electrons. The van der Waals surface area contributed by atoms with E-state index >= 15 is 0 Å². The number of alkyl halides is 6. The minimum atomic E-state index is -6.33. The van der Waals surface area contributed by atoms with Crippen molar-refractivity contribution < 1.29 is 65.3 Å². The molecular formula is C29H26F6O8. The van der Waals surface area contributed by atoms with Gasteiger partial charge in [0.05, 0.1) is 0 Å². The monoisotopic (exact) mass is 616 g/mol. The fraction of sp³-hybridized carbons (Fsp3) is 0.379. The average Bonchev–Trinajstić information content (AvgIpc) is 2.84. The number of Topliss-reactive ketones (excluding diaryl/α,β-unsaturated/α-hetero) is 4. The van der Waals surface area contributed by atoms with Crippen molar-refractivity contribution in [1.29, 1.82) is 0 Å². The minimum absolute atomic E-state index is 0.0106. The van der Waals surface area contributed by atoms with E-state index in [1.807, 2.05) is 0 Å². The molecule has 0 fully saturated rings. The maximum absolute atomic E-state index is 14.9. The van der Waals surface area contributed by atoms with Crippen molar-refractivity contribution in [2.75, 3.05) is 0 Å². The largest absolute Gasteiger partial charge is 0.475 e. The Labute approximate surface area is 240 Å². The molecule has 0 spiro atoms. The van der Waals surface area contributed by atoms with Gasteiger partial charge in [0.2, 0.25) is 5.41 Å². The normalized spacial score (nSPS) is 12.9. The first-order chi connectivity index (χ1) is 19.2. The number of carbonyl (C=O) groups excluding carboxylic acids is 4. The zero-order chi connectivity index (χ0) is 33.7. The second-order valence-electron chi connectivity index (χ2n) is 11.7. The Morgan fingerprint density at radius 2 is 0.791 bits per heavy atom. The summed E-state index contributed by atoms with van der Waals surface area (Å²) in [5, 5.41) is 18.5. The van der Waals surface area contributed by atoms with E-state index in [9.17, 15) is 65.3 Å². The van der Waals surface area contributed by atoms with E-state index in [1.165, 1.54) is 41.5 Å². The highest BCUT2D eigenvalue weighted by Crippen LogP contribution is 2.56. The van der Waals surface area contributed by atoms with Gasteiger partial charge in [-0.2, -0.15) is 26.3 Å². The number of aliphatic carboxylic acids is 2. The summed E-state index contributed by atoms with van der Waals surface area (Å²) >= 11 is 0. The predicted molar refractivity (Wildman–Crippen MR) is 137 cm³/mol. The minimum Gasteiger partial charge on any atom is -0.475 e. The molecule has 14 heteroatoms. The average molecular weight is 617 g/mol. The Hall–Kier alpha value is -4.36. The highest BCUT2D eigenvalue weighted by molar-refractivity contribution is 6.42. The summed E-state index contributed by atoms with van der Waals surface area (Å²) in [6, 6.07) is 1.39. The van der Waals surface area contributed by atoms with Crippen LogP contribution in [0.4, 0.5) is 26.3 Å². The zero-order valence-electron chi connectivity index (χ0n) is 23.6.